The maximum absolute atomic E-state index is 12.7. The first-order chi connectivity index (χ1) is 10.2. The Kier molecular flexibility index (Phi) is 4.18. The first-order valence-electron chi connectivity index (χ1n) is 7.39. The summed E-state index contributed by atoms with van der Waals surface area (Å²) in [6, 6.07) is 5.93. The molecule has 2 unspecified atom stereocenters. The van der Waals surface area contributed by atoms with Crippen LogP contribution in [0.5, 0.6) is 0 Å². The van der Waals surface area contributed by atoms with E-state index in [-0.39, 0.29) is 16.5 Å². The van der Waals surface area contributed by atoms with Gasteiger partial charge >= 0.3 is 6.09 Å². The van der Waals surface area contributed by atoms with Crippen LogP contribution in [0.1, 0.15) is 37.8 Å². The first kappa shape index (κ1) is 16.3. The zero-order chi connectivity index (χ0) is 16.5. The van der Waals surface area contributed by atoms with Gasteiger partial charge in [-0.2, -0.15) is 9.28 Å². The van der Waals surface area contributed by atoms with Gasteiger partial charge in [0.05, 0.1) is 7.05 Å². The van der Waals surface area contributed by atoms with E-state index < -0.39 is 5.60 Å². The van der Waals surface area contributed by atoms with Crippen LogP contribution in [-0.4, -0.2) is 31.8 Å². The molecule has 0 aliphatic carbocycles. The minimum atomic E-state index is -0.536. The number of carbonyl (C=O) groups excluding carboxylic acids is 1. The quantitative estimate of drug-likeness (QED) is 0.354. The molecule has 0 bridgehead atoms. The lowest BCUT2D eigenvalue weighted by atomic mass is 9.97. The minimum Gasteiger partial charge on any atom is -0.414 e. The summed E-state index contributed by atoms with van der Waals surface area (Å²) in [5, 5.41) is 3.71. The van der Waals surface area contributed by atoms with Gasteiger partial charge in [-0.1, -0.05) is 17.2 Å². The number of ether oxygens (including phenoxy) is 1. The molecule has 0 spiro atoms. The molecule has 6 heteroatoms. The average molecular weight is 303 g/mol. The number of azide groups is 1. The van der Waals surface area contributed by atoms with Gasteiger partial charge in [-0.25, -0.2) is 0 Å². The van der Waals surface area contributed by atoms with E-state index in [4.69, 9.17) is 10.3 Å². The molecule has 0 saturated carbocycles. The third kappa shape index (κ3) is 2.93. The fourth-order valence-electron chi connectivity index (χ4n) is 3.08. The number of benzene rings is 1. The van der Waals surface area contributed by atoms with Crippen molar-refractivity contribution in [3.05, 3.63) is 39.8 Å². The molecule has 1 aromatic rings. The number of aryl methyl sites for hydroxylation is 1. The Labute approximate surface area is 130 Å². The van der Waals surface area contributed by atoms with Crippen molar-refractivity contribution in [2.24, 2.45) is 5.11 Å². The van der Waals surface area contributed by atoms with Gasteiger partial charge in [0.15, 0.2) is 0 Å². The van der Waals surface area contributed by atoms with Gasteiger partial charge < -0.3 is 4.74 Å². The number of likely N-dealkylation sites (N-methyl/N-ethyl adjacent to an activating group) is 1. The molecule has 0 fully saturated rings. The van der Waals surface area contributed by atoms with Crippen molar-refractivity contribution in [1.29, 1.82) is 0 Å². The molecule has 6 nitrogen and oxygen atoms in total. The highest BCUT2D eigenvalue weighted by molar-refractivity contribution is 5.86. The van der Waals surface area contributed by atoms with Crippen LogP contribution in [0.3, 0.4) is 0 Å². The average Bonchev–Trinajstić information content (AvgIpc) is 2.70. The van der Waals surface area contributed by atoms with Crippen LogP contribution in [0.4, 0.5) is 10.5 Å². The maximum Gasteiger partial charge on any atom is 0.521 e. The highest BCUT2D eigenvalue weighted by Crippen LogP contribution is 2.43. The van der Waals surface area contributed by atoms with E-state index >= 15 is 0 Å². The summed E-state index contributed by atoms with van der Waals surface area (Å²) in [6.45, 7) is 8.51. The van der Waals surface area contributed by atoms with E-state index in [1.807, 2.05) is 52.9 Å². The number of fused-ring (bicyclic) bond motifs is 1. The number of hydrogen-bond donors (Lipinski definition) is 0. The van der Waals surface area contributed by atoms with Crippen LogP contribution >= 0.6 is 0 Å². The minimum absolute atomic E-state index is 0.0321. The Morgan fingerprint density at radius 3 is 2.77 bits per heavy atom. The molecule has 0 saturated heterocycles. The predicted molar refractivity (Wildman–Crippen MR) is 86.8 cm³/mol. The Hall–Kier alpha value is -2.04. The molecule has 0 aromatic heterocycles. The summed E-state index contributed by atoms with van der Waals surface area (Å²) in [7, 11) is 1.86. The number of amides is 1. The standard InChI is InChI=1S/C16H23N4O2/c1-11-7-6-8-13-14(11)12(9-18-19-17)10-20(13,5)15(21)22-16(2,3)4/h6-8,12H,9-10H2,1-5H3/q+1. The summed E-state index contributed by atoms with van der Waals surface area (Å²) in [5.74, 6) is 0.0321. The number of hydrogen-bond acceptors (Lipinski definition) is 3. The van der Waals surface area contributed by atoms with Gasteiger partial charge in [0, 0.05) is 29.0 Å². The second kappa shape index (κ2) is 5.63. The van der Waals surface area contributed by atoms with Crippen LogP contribution in [-0.2, 0) is 4.74 Å². The zero-order valence-electron chi connectivity index (χ0n) is 13.8. The van der Waals surface area contributed by atoms with Gasteiger partial charge in [0.1, 0.15) is 17.8 Å². The van der Waals surface area contributed by atoms with E-state index in [1.165, 1.54) is 0 Å². The van der Waals surface area contributed by atoms with Crippen molar-refractivity contribution in [2.45, 2.75) is 39.2 Å². The fraction of sp³-hybridized carbons (Fsp3) is 0.562. The molecule has 22 heavy (non-hydrogen) atoms. The van der Waals surface area contributed by atoms with Gasteiger partial charge in [-0.05, 0) is 38.8 Å². The maximum atomic E-state index is 12.7. The zero-order valence-corrected chi connectivity index (χ0v) is 13.8. The van der Waals surface area contributed by atoms with Crippen molar-refractivity contribution in [3.8, 4) is 0 Å². The van der Waals surface area contributed by atoms with Gasteiger partial charge in [-0.15, -0.1) is 0 Å². The highest BCUT2D eigenvalue weighted by Gasteiger charge is 2.49. The SMILES string of the molecule is Cc1cccc2c1C(CN=[N+]=[N-])C[N+]2(C)C(=O)OC(C)(C)C. The van der Waals surface area contributed by atoms with Crippen LogP contribution < -0.4 is 4.48 Å². The van der Waals surface area contributed by atoms with Crippen molar-refractivity contribution >= 4 is 11.8 Å². The van der Waals surface area contributed by atoms with Crippen LogP contribution in [0.25, 0.3) is 10.4 Å². The molecule has 2 atom stereocenters. The first-order valence-corrected chi connectivity index (χ1v) is 7.39. The van der Waals surface area contributed by atoms with E-state index in [0.717, 1.165) is 16.8 Å². The van der Waals surface area contributed by atoms with E-state index in [2.05, 4.69) is 10.0 Å². The normalized spacial score (nSPS) is 23.6. The van der Waals surface area contributed by atoms with E-state index in [9.17, 15) is 4.79 Å². The van der Waals surface area contributed by atoms with Crippen LogP contribution in [0.2, 0.25) is 0 Å². The molecule has 1 aliphatic rings. The number of quaternary nitrogens is 1. The third-order valence-electron chi connectivity index (χ3n) is 3.99. The summed E-state index contributed by atoms with van der Waals surface area (Å²) in [4.78, 5) is 15.6. The lowest BCUT2D eigenvalue weighted by molar-refractivity contribution is 0.0318. The molecule has 0 radical (unpaired) electrons. The molecule has 1 aliphatic heterocycles. The largest absolute Gasteiger partial charge is 0.521 e. The van der Waals surface area contributed by atoms with Crippen molar-refractivity contribution < 1.29 is 9.53 Å². The number of rotatable bonds is 2. The molecule has 2 rings (SSSR count). The van der Waals surface area contributed by atoms with Gasteiger partial charge in [0.2, 0.25) is 0 Å². The van der Waals surface area contributed by atoms with Crippen LogP contribution in [0, 0.1) is 6.92 Å². The summed E-state index contributed by atoms with van der Waals surface area (Å²) >= 11 is 0. The molecule has 1 aromatic carbocycles. The fourth-order valence-corrected chi connectivity index (χ4v) is 3.08. The monoisotopic (exact) mass is 303 g/mol. The van der Waals surface area contributed by atoms with Crippen LogP contribution in [0.15, 0.2) is 23.3 Å². The summed E-state index contributed by atoms with van der Waals surface area (Å²) < 4.78 is 5.69. The lowest BCUT2D eigenvalue weighted by Crippen LogP contribution is -2.52. The summed E-state index contributed by atoms with van der Waals surface area (Å²) in [6.07, 6.45) is -0.275. The lowest BCUT2D eigenvalue weighted by Gasteiger charge is -2.29. The number of carbonyl (C=O) groups is 1. The molecular formula is C16H23N4O2+. The molecule has 0 N–H and O–H groups in total. The molecule has 1 amide bonds. The topological polar surface area (TPSA) is 75.1 Å². The highest BCUT2D eigenvalue weighted by atomic mass is 16.6. The molecular weight excluding hydrogens is 280 g/mol. The van der Waals surface area contributed by atoms with Gasteiger partial charge in [0.25, 0.3) is 0 Å². The smallest absolute Gasteiger partial charge is 0.414 e. The van der Waals surface area contributed by atoms with Crippen molar-refractivity contribution in [1.82, 2.24) is 4.48 Å². The Balaban J connectivity index is 2.45. The van der Waals surface area contributed by atoms with Gasteiger partial charge in [-0.3, -0.25) is 0 Å². The third-order valence-corrected chi connectivity index (χ3v) is 3.99. The summed E-state index contributed by atoms with van der Waals surface area (Å²) in [5.41, 5.74) is 11.2. The molecule has 118 valence electrons. The second-order valence-corrected chi connectivity index (χ2v) is 6.97. The number of nitrogens with zero attached hydrogens (tertiary/aromatic N) is 4. The van der Waals surface area contributed by atoms with Crippen molar-refractivity contribution in [3.63, 3.8) is 0 Å². The predicted octanol–water partition coefficient (Wildman–Crippen LogP) is 4.27. The second-order valence-electron chi connectivity index (χ2n) is 6.97. The van der Waals surface area contributed by atoms with Crippen molar-refractivity contribution in [2.75, 3.05) is 20.1 Å². The van der Waals surface area contributed by atoms with E-state index in [1.54, 1.807) is 0 Å². The van der Waals surface area contributed by atoms with E-state index in [0.29, 0.717) is 13.1 Å². The Morgan fingerprint density at radius 2 is 2.18 bits per heavy atom. The Morgan fingerprint density at radius 1 is 1.50 bits per heavy atom. The molecule has 1 heterocycles. The Bertz CT molecular complexity index is 644.